The second kappa shape index (κ2) is 10.7. The molecule has 2 aromatic carbocycles. The number of nitrogens with one attached hydrogen (secondary N) is 1. The van der Waals surface area contributed by atoms with Gasteiger partial charge in [-0.25, -0.2) is 9.48 Å². The van der Waals surface area contributed by atoms with Gasteiger partial charge in [0.2, 0.25) is 0 Å². The molecule has 184 valence electrons. The van der Waals surface area contributed by atoms with Gasteiger partial charge in [0.05, 0.1) is 31.3 Å². The molecular weight excluding hydrogens is 446 g/mol. The van der Waals surface area contributed by atoms with Crippen LogP contribution in [-0.4, -0.2) is 55.1 Å². The van der Waals surface area contributed by atoms with E-state index in [0.29, 0.717) is 43.2 Å². The fourth-order valence-electron chi connectivity index (χ4n) is 4.46. The normalized spacial score (nSPS) is 14.8. The average molecular weight is 478 g/mol. The number of rotatable bonds is 8. The van der Waals surface area contributed by atoms with E-state index in [1.165, 1.54) is 11.8 Å². The van der Waals surface area contributed by atoms with E-state index in [-0.39, 0.29) is 11.3 Å². The van der Waals surface area contributed by atoms with Crippen molar-refractivity contribution < 1.29 is 23.8 Å². The van der Waals surface area contributed by atoms with Gasteiger partial charge in [0.1, 0.15) is 11.3 Å². The molecule has 0 bridgehead atoms. The first-order valence-electron chi connectivity index (χ1n) is 11.8. The summed E-state index contributed by atoms with van der Waals surface area (Å²) in [7, 11) is 1.65. The van der Waals surface area contributed by atoms with Gasteiger partial charge in [-0.15, -0.1) is 0 Å². The summed E-state index contributed by atoms with van der Waals surface area (Å²) in [5.74, 6) is 0.272. The molecule has 0 spiro atoms. The summed E-state index contributed by atoms with van der Waals surface area (Å²) in [6.07, 6.45) is 3.17. The van der Waals surface area contributed by atoms with Crippen LogP contribution in [0.1, 0.15) is 51.7 Å². The fraction of sp³-hybridized carbons (Fsp3) is 0.370. The van der Waals surface area contributed by atoms with Crippen molar-refractivity contribution in [2.75, 3.05) is 33.5 Å². The van der Waals surface area contributed by atoms with E-state index in [0.717, 1.165) is 24.3 Å². The predicted octanol–water partition coefficient (Wildman–Crippen LogP) is 3.84. The molecule has 1 N–H and O–H groups in total. The summed E-state index contributed by atoms with van der Waals surface area (Å²) in [6, 6.07) is 15.2. The second-order valence-corrected chi connectivity index (χ2v) is 8.63. The van der Waals surface area contributed by atoms with Crippen molar-refractivity contribution in [3.8, 4) is 11.4 Å². The Bertz CT molecular complexity index is 1160. The van der Waals surface area contributed by atoms with Crippen LogP contribution >= 0.6 is 0 Å². The van der Waals surface area contributed by atoms with Crippen LogP contribution in [0.15, 0.2) is 54.7 Å². The Kier molecular flexibility index (Phi) is 7.51. The van der Waals surface area contributed by atoms with E-state index in [2.05, 4.69) is 22.5 Å². The smallest absolute Gasteiger partial charge is 0.341 e. The van der Waals surface area contributed by atoms with Gasteiger partial charge in [-0.3, -0.25) is 4.79 Å². The van der Waals surface area contributed by atoms with Gasteiger partial charge in [0.15, 0.2) is 0 Å². The molecule has 35 heavy (non-hydrogen) atoms. The Hall–Kier alpha value is -3.65. The molecule has 1 aliphatic heterocycles. The maximum Gasteiger partial charge on any atom is 0.341 e. The first kappa shape index (κ1) is 24.5. The molecule has 8 heteroatoms. The molecule has 8 nitrogen and oxygen atoms in total. The van der Waals surface area contributed by atoms with Gasteiger partial charge in [0.25, 0.3) is 5.91 Å². The third kappa shape index (κ3) is 5.22. The van der Waals surface area contributed by atoms with E-state index in [1.807, 2.05) is 31.2 Å². The van der Waals surface area contributed by atoms with Crippen LogP contribution in [0.2, 0.25) is 0 Å². The fourth-order valence-corrected chi connectivity index (χ4v) is 4.46. The van der Waals surface area contributed by atoms with Crippen molar-refractivity contribution >= 4 is 11.9 Å². The Morgan fingerprint density at radius 3 is 2.40 bits per heavy atom. The summed E-state index contributed by atoms with van der Waals surface area (Å²) >= 11 is 0. The van der Waals surface area contributed by atoms with Crippen LogP contribution in [0.5, 0.6) is 5.75 Å². The first-order valence-corrected chi connectivity index (χ1v) is 11.8. The maximum atomic E-state index is 13.0. The van der Waals surface area contributed by atoms with Crippen molar-refractivity contribution in [2.24, 2.45) is 0 Å². The highest BCUT2D eigenvalue weighted by Crippen LogP contribution is 2.35. The standard InChI is InChI=1S/C27H31N3O5/c1-4-35-26(32)24-17-29-30(19(24)2)22-9-5-20(6-10-22)25(31)28-18-27(13-15-34-16-14-27)21-7-11-23(33-3)12-8-21/h5-12,17H,4,13-16,18H2,1-3H3,(H,28,31). The van der Waals surface area contributed by atoms with Crippen LogP contribution in [0.3, 0.4) is 0 Å². The zero-order valence-corrected chi connectivity index (χ0v) is 20.4. The van der Waals surface area contributed by atoms with Crippen molar-refractivity contribution in [1.29, 1.82) is 0 Å². The van der Waals surface area contributed by atoms with Crippen molar-refractivity contribution in [3.05, 3.63) is 77.1 Å². The lowest BCUT2D eigenvalue weighted by atomic mass is 9.74. The topological polar surface area (TPSA) is 91.7 Å². The second-order valence-electron chi connectivity index (χ2n) is 8.63. The number of nitrogens with zero attached hydrogens (tertiary/aromatic N) is 2. The SMILES string of the molecule is CCOC(=O)c1cnn(-c2ccc(C(=O)NCC3(c4ccc(OC)cc4)CCOCC3)cc2)c1C. The van der Waals surface area contributed by atoms with Gasteiger partial charge in [-0.2, -0.15) is 5.10 Å². The van der Waals surface area contributed by atoms with E-state index in [9.17, 15) is 9.59 Å². The molecule has 0 aliphatic carbocycles. The van der Waals surface area contributed by atoms with Crippen molar-refractivity contribution in [3.63, 3.8) is 0 Å². The zero-order chi connectivity index (χ0) is 24.8. The molecule has 0 atom stereocenters. The number of carbonyl (C=O) groups is 2. The van der Waals surface area contributed by atoms with E-state index >= 15 is 0 Å². The third-order valence-corrected chi connectivity index (χ3v) is 6.62. The summed E-state index contributed by atoms with van der Waals surface area (Å²) in [5.41, 5.74) is 3.41. The molecule has 1 aromatic heterocycles. The molecule has 1 fully saturated rings. The highest BCUT2D eigenvalue weighted by molar-refractivity contribution is 5.94. The Labute approximate surface area is 205 Å². The number of methoxy groups -OCH3 is 1. The number of hydrogen-bond acceptors (Lipinski definition) is 6. The van der Waals surface area contributed by atoms with Gasteiger partial charge in [-0.05, 0) is 68.7 Å². The summed E-state index contributed by atoms with van der Waals surface area (Å²) in [5, 5.41) is 7.44. The number of ether oxygens (including phenoxy) is 3. The third-order valence-electron chi connectivity index (χ3n) is 6.62. The molecule has 1 saturated heterocycles. The quantitative estimate of drug-likeness (QED) is 0.496. The molecule has 4 rings (SSSR count). The van der Waals surface area contributed by atoms with Crippen molar-refractivity contribution in [2.45, 2.75) is 32.1 Å². The number of aromatic nitrogens is 2. The van der Waals surface area contributed by atoms with Crippen LogP contribution in [0, 0.1) is 6.92 Å². The number of esters is 1. The molecule has 2 heterocycles. The number of benzene rings is 2. The minimum Gasteiger partial charge on any atom is -0.497 e. The largest absolute Gasteiger partial charge is 0.497 e. The van der Waals surface area contributed by atoms with Gasteiger partial charge < -0.3 is 19.5 Å². The zero-order valence-electron chi connectivity index (χ0n) is 20.4. The minimum absolute atomic E-state index is 0.139. The molecule has 1 amide bonds. The molecular formula is C27H31N3O5. The lowest BCUT2D eigenvalue weighted by Crippen LogP contribution is -2.44. The Morgan fingerprint density at radius 1 is 1.09 bits per heavy atom. The molecule has 0 radical (unpaired) electrons. The summed E-state index contributed by atoms with van der Waals surface area (Å²) in [6.45, 7) is 5.72. The van der Waals surface area contributed by atoms with Crippen LogP contribution in [0.4, 0.5) is 0 Å². The van der Waals surface area contributed by atoms with Gasteiger partial charge >= 0.3 is 5.97 Å². The lowest BCUT2D eigenvalue weighted by molar-refractivity contribution is 0.0487. The van der Waals surface area contributed by atoms with E-state index in [1.54, 1.807) is 30.8 Å². The first-order chi connectivity index (χ1) is 17.0. The summed E-state index contributed by atoms with van der Waals surface area (Å²) in [4.78, 5) is 25.1. The molecule has 0 saturated carbocycles. The summed E-state index contributed by atoms with van der Waals surface area (Å²) < 4.78 is 17.6. The Morgan fingerprint density at radius 2 is 1.77 bits per heavy atom. The van der Waals surface area contributed by atoms with Crippen LogP contribution in [0.25, 0.3) is 5.69 Å². The monoisotopic (exact) mass is 477 g/mol. The number of carbonyl (C=O) groups excluding carboxylic acids is 2. The molecule has 0 unspecified atom stereocenters. The molecule has 3 aromatic rings. The number of hydrogen-bond donors (Lipinski definition) is 1. The average Bonchev–Trinajstić information content (AvgIpc) is 3.29. The van der Waals surface area contributed by atoms with Gasteiger partial charge in [-0.1, -0.05) is 12.1 Å². The maximum absolute atomic E-state index is 13.0. The number of amides is 1. The predicted molar refractivity (Wildman–Crippen MR) is 131 cm³/mol. The van der Waals surface area contributed by atoms with E-state index < -0.39 is 5.97 Å². The van der Waals surface area contributed by atoms with Crippen LogP contribution < -0.4 is 10.1 Å². The minimum atomic E-state index is -0.397. The van der Waals surface area contributed by atoms with Crippen LogP contribution in [-0.2, 0) is 14.9 Å². The lowest BCUT2D eigenvalue weighted by Gasteiger charge is -2.38. The van der Waals surface area contributed by atoms with Gasteiger partial charge in [0, 0.05) is 30.7 Å². The highest BCUT2D eigenvalue weighted by atomic mass is 16.5. The van der Waals surface area contributed by atoms with Crippen molar-refractivity contribution in [1.82, 2.24) is 15.1 Å². The highest BCUT2D eigenvalue weighted by Gasteiger charge is 2.35. The van der Waals surface area contributed by atoms with E-state index in [4.69, 9.17) is 14.2 Å². The Balaban J connectivity index is 1.46. The molecule has 1 aliphatic rings.